The zero-order valence-electron chi connectivity index (χ0n) is 10.6. The van der Waals surface area contributed by atoms with Crippen LogP contribution in [-0.4, -0.2) is 36.3 Å². The first-order valence-corrected chi connectivity index (χ1v) is 7.02. The summed E-state index contributed by atoms with van der Waals surface area (Å²) in [4.78, 5) is 26.2. The number of hydrogen-bond acceptors (Lipinski definition) is 3. The van der Waals surface area contributed by atoms with Gasteiger partial charge in [0.05, 0.1) is 11.4 Å². The highest BCUT2D eigenvalue weighted by atomic mass is 32.1. The summed E-state index contributed by atoms with van der Waals surface area (Å²) < 4.78 is 1.12. The molecule has 3 rings (SSSR count). The fourth-order valence-electron chi connectivity index (χ4n) is 2.33. The van der Waals surface area contributed by atoms with Gasteiger partial charge in [0.25, 0.3) is 5.91 Å². The monoisotopic (exact) mass is 274 g/mol. The van der Waals surface area contributed by atoms with Crippen LogP contribution in [0.15, 0.2) is 24.3 Å². The van der Waals surface area contributed by atoms with Crippen LogP contribution in [0.5, 0.6) is 0 Å². The van der Waals surface area contributed by atoms with E-state index in [1.807, 2.05) is 31.2 Å². The number of carbonyl (C=O) groups is 2. The number of fused-ring (bicyclic) bond motifs is 1. The van der Waals surface area contributed by atoms with E-state index in [2.05, 4.69) is 5.32 Å². The number of nitrogens with zero attached hydrogens (tertiary/aromatic N) is 1. The maximum absolute atomic E-state index is 12.5. The fourth-order valence-corrected chi connectivity index (χ4v) is 3.51. The summed E-state index contributed by atoms with van der Waals surface area (Å²) in [5, 5.41) is 3.85. The van der Waals surface area contributed by atoms with Gasteiger partial charge in [-0.05, 0) is 23.9 Å². The predicted octanol–water partition coefficient (Wildman–Crippen LogP) is 1.78. The van der Waals surface area contributed by atoms with Crippen LogP contribution >= 0.6 is 11.3 Å². The van der Waals surface area contributed by atoms with E-state index in [1.54, 1.807) is 4.90 Å². The van der Waals surface area contributed by atoms with E-state index < -0.39 is 0 Å². The standard InChI is InChI=1S/C14H14N2O2S/c1-9-10-4-2-3-5-11(10)19-13(9)14(18)16-7-6-15-12(17)8-16/h2-5H,6-8H2,1H3,(H,15,17). The molecule has 2 heterocycles. The minimum atomic E-state index is -0.0848. The lowest BCUT2D eigenvalue weighted by Gasteiger charge is -2.26. The van der Waals surface area contributed by atoms with Crippen molar-refractivity contribution in [2.45, 2.75) is 6.92 Å². The molecule has 0 aliphatic carbocycles. The molecule has 19 heavy (non-hydrogen) atoms. The molecule has 1 fully saturated rings. The van der Waals surface area contributed by atoms with Crippen molar-refractivity contribution in [1.82, 2.24) is 10.2 Å². The van der Waals surface area contributed by atoms with Gasteiger partial charge in [-0.2, -0.15) is 0 Å². The van der Waals surface area contributed by atoms with E-state index in [4.69, 9.17) is 0 Å². The van der Waals surface area contributed by atoms with Gasteiger partial charge in [0.1, 0.15) is 0 Å². The Morgan fingerprint density at radius 2 is 2.16 bits per heavy atom. The smallest absolute Gasteiger partial charge is 0.264 e. The third-order valence-corrected chi connectivity index (χ3v) is 4.62. The van der Waals surface area contributed by atoms with Crippen LogP contribution in [0.25, 0.3) is 10.1 Å². The average Bonchev–Trinajstić information content (AvgIpc) is 2.76. The molecule has 0 radical (unpaired) electrons. The lowest BCUT2D eigenvalue weighted by molar-refractivity contribution is -0.123. The van der Waals surface area contributed by atoms with Gasteiger partial charge in [-0.1, -0.05) is 18.2 Å². The van der Waals surface area contributed by atoms with Crippen molar-refractivity contribution in [3.05, 3.63) is 34.7 Å². The fraction of sp³-hybridized carbons (Fsp3) is 0.286. The normalized spacial score (nSPS) is 15.6. The Labute approximate surface area is 115 Å². The second kappa shape index (κ2) is 4.66. The molecule has 4 nitrogen and oxygen atoms in total. The molecule has 0 bridgehead atoms. The maximum Gasteiger partial charge on any atom is 0.264 e. The lowest BCUT2D eigenvalue weighted by atomic mass is 10.1. The predicted molar refractivity (Wildman–Crippen MR) is 75.5 cm³/mol. The Hall–Kier alpha value is -1.88. The zero-order chi connectivity index (χ0) is 13.4. The molecule has 98 valence electrons. The van der Waals surface area contributed by atoms with Crippen molar-refractivity contribution < 1.29 is 9.59 Å². The summed E-state index contributed by atoms with van der Waals surface area (Å²) in [5.41, 5.74) is 1.01. The Balaban J connectivity index is 1.97. The molecular weight excluding hydrogens is 260 g/mol. The maximum atomic E-state index is 12.5. The summed E-state index contributed by atoms with van der Waals surface area (Å²) in [5.74, 6) is -0.119. The van der Waals surface area contributed by atoms with E-state index in [0.717, 1.165) is 20.5 Å². The van der Waals surface area contributed by atoms with Crippen LogP contribution in [-0.2, 0) is 4.79 Å². The van der Waals surface area contributed by atoms with Gasteiger partial charge in [-0.3, -0.25) is 9.59 Å². The summed E-state index contributed by atoms with van der Waals surface area (Å²) in [6.45, 7) is 3.25. The number of thiophene rings is 1. The molecule has 1 saturated heterocycles. The Bertz CT molecular complexity index is 663. The van der Waals surface area contributed by atoms with Crippen molar-refractivity contribution in [3.8, 4) is 0 Å². The van der Waals surface area contributed by atoms with Gasteiger partial charge in [0, 0.05) is 17.8 Å². The highest BCUT2D eigenvalue weighted by molar-refractivity contribution is 7.21. The highest BCUT2D eigenvalue weighted by Gasteiger charge is 2.25. The molecule has 0 atom stereocenters. The summed E-state index contributed by atoms with van der Waals surface area (Å²) in [7, 11) is 0. The molecule has 5 heteroatoms. The SMILES string of the molecule is Cc1c(C(=O)N2CCNC(=O)C2)sc2ccccc12. The van der Waals surface area contributed by atoms with E-state index in [0.29, 0.717) is 13.1 Å². The Morgan fingerprint density at radius 3 is 2.89 bits per heavy atom. The molecule has 0 spiro atoms. The molecule has 2 amide bonds. The van der Waals surface area contributed by atoms with E-state index in [-0.39, 0.29) is 18.4 Å². The van der Waals surface area contributed by atoms with Crippen LogP contribution in [0.2, 0.25) is 0 Å². The van der Waals surface area contributed by atoms with Crippen LogP contribution < -0.4 is 5.32 Å². The second-order valence-electron chi connectivity index (χ2n) is 4.63. The number of aryl methyl sites for hydroxylation is 1. The quantitative estimate of drug-likeness (QED) is 0.861. The van der Waals surface area contributed by atoms with Crippen LogP contribution in [0, 0.1) is 6.92 Å². The van der Waals surface area contributed by atoms with Crippen molar-refractivity contribution >= 4 is 33.2 Å². The van der Waals surface area contributed by atoms with Crippen molar-refractivity contribution in [1.29, 1.82) is 0 Å². The Kier molecular flexibility index (Phi) is 2.98. The molecule has 1 N–H and O–H groups in total. The topological polar surface area (TPSA) is 49.4 Å². The summed E-state index contributed by atoms with van der Waals surface area (Å²) >= 11 is 1.50. The number of amides is 2. The molecule has 1 aliphatic rings. The van der Waals surface area contributed by atoms with Crippen molar-refractivity contribution in [2.75, 3.05) is 19.6 Å². The molecule has 2 aromatic rings. The van der Waals surface area contributed by atoms with Gasteiger partial charge < -0.3 is 10.2 Å². The largest absolute Gasteiger partial charge is 0.353 e. The summed E-state index contributed by atoms with van der Waals surface area (Å²) in [6, 6.07) is 8.00. The molecule has 1 aromatic heterocycles. The zero-order valence-corrected chi connectivity index (χ0v) is 11.4. The van der Waals surface area contributed by atoms with Crippen molar-refractivity contribution in [3.63, 3.8) is 0 Å². The van der Waals surface area contributed by atoms with Crippen LogP contribution in [0.4, 0.5) is 0 Å². The van der Waals surface area contributed by atoms with Gasteiger partial charge in [0.15, 0.2) is 0 Å². The van der Waals surface area contributed by atoms with E-state index in [9.17, 15) is 9.59 Å². The number of nitrogens with one attached hydrogen (secondary N) is 1. The third kappa shape index (κ3) is 2.10. The third-order valence-electron chi connectivity index (χ3n) is 3.36. The molecule has 1 aromatic carbocycles. The number of hydrogen-bond donors (Lipinski definition) is 1. The number of rotatable bonds is 1. The average molecular weight is 274 g/mol. The summed E-state index contributed by atoms with van der Waals surface area (Å²) in [6.07, 6.45) is 0. The molecule has 1 aliphatic heterocycles. The minimum Gasteiger partial charge on any atom is -0.353 e. The Morgan fingerprint density at radius 1 is 1.37 bits per heavy atom. The molecule has 0 unspecified atom stereocenters. The van der Waals surface area contributed by atoms with Gasteiger partial charge in [0.2, 0.25) is 5.91 Å². The molecule has 0 saturated carbocycles. The number of piperazine rings is 1. The van der Waals surface area contributed by atoms with Crippen LogP contribution in [0.1, 0.15) is 15.2 Å². The van der Waals surface area contributed by atoms with Gasteiger partial charge in [-0.15, -0.1) is 11.3 Å². The second-order valence-corrected chi connectivity index (χ2v) is 5.68. The molecular formula is C14H14N2O2S. The van der Waals surface area contributed by atoms with E-state index in [1.165, 1.54) is 11.3 Å². The van der Waals surface area contributed by atoms with Gasteiger partial charge in [-0.25, -0.2) is 0 Å². The first kappa shape index (κ1) is 12.2. The van der Waals surface area contributed by atoms with Crippen LogP contribution in [0.3, 0.4) is 0 Å². The van der Waals surface area contributed by atoms with Crippen molar-refractivity contribution in [2.24, 2.45) is 0 Å². The number of carbonyl (C=O) groups excluding carboxylic acids is 2. The van der Waals surface area contributed by atoms with Gasteiger partial charge >= 0.3 is 0 Å². The highest BCUT2D eigenvalue weighted by Crippen LogP contribution is 2.31. The number of benzene rings is 1. The van der Waals surface area contributed by atoms with E-state index >= 15 is 0 Å². The first-order valence-electron chi connectivity index (χ1n) is 6.21. The lowest BCUT2D eigenvalue weighted by Crippen LogP contribution is -2.49. The minimum absolute atomic E-state index is 0.0337. The first-order chi connectivity index (χ1) is 9.16.